The average Bonchev–Trinajstić information content (AvgIpc) is 2.90. The lowest BCUT2D eigenvalue weighted by molar-refractivity contribution is -0.123. The van der Waals surface area contributed by atoms with Crippen LogP contribution in [0.15, 0.2) is 54.2 Å². The first kappa shape index (κ1) is 18.6. The van der Waals surface area contributed by atoms with Gasteiger partial charge in [-0.15, -0.1) is 0 Å². The minimum absolute atomic E-state index is 0.0876. The van der Waals surface area contributed by atoms with Gasteiger partial charge in [-0.2, -0.15) is 0 Å². The molecule has 6 heteroatoms. The summed E-state index contributed by atoms with van der Waals surface area (Å²) in [4.78, 5) is 25.7. The van der Waals surface area contributed by atoms with Crippen molar-refractivity contribution in [3.63, 3.8) is 0 Å². The van der Waals surface area contributed by atoms with Crippen molar-refractivity contribution in [2.24, 2.45) is 5.92 Å². The molecule has 0 radical (unpaired) electrons. The molecule has 0 atom stereocenters. The molecule has 1 heterocycles. The molecule has 1 N–H and O–H groups in total. The molecule has 0 unspecified atom stereocenters. The Kier molecular flexibility index (Phi) is 5.54. The first-order chi connectivity index (χ1) is 12.9. The van der Waals surface area contributed by atoms with Crippen molar-refractivity contribution in [2.45, 2.75) is 20.4 Å². The maximum Gasteiger partial charge on any atom is 0.329 e. The summed E-state index contributed by atoms with van der Waals surface area (Å²) in [6, 6.07) is 12.5. The second-order valence-electron chi connectivity index (χ2n) is 6.78. The van der Waals surface area contributed by atoms with E-state index in [-0.39, 0.29) is 18.1 Å². The van der Waals surface area contributed by atoms with Crippen LogP contribution in [0.25, 0.3) is 6.08 Å². The summed E-state index contributed by atoms with van der Waals surface area (Å²) in [6.45, 7) is 4.87. The predicted molar refractivity (Wildman–Crippen MR) is 100 cm³/mol. The van der Waals surface area contributed by atoms with Crippen molar-refractivity contribution < 1.29 is 18.7 Å². The molecular weight excluding hydrogens is 347 g/mol. The van der Waals surface area contributed by atoms with E-state index in [0.29, 0.717) is 18.1 Å². The highest BCUT2D eigenvalue weighted by atomic mass is 19.1. The molecule has 3 rings (SSSR count). The van der Waals surface area contributed by atoms with Gasteiger partial charge in [0.15, 0.2) is 0 Å². The predicted octanol–water partition coefficient (Wildman–Crippen LogP) is 3.95. The van der Waals surface area contributed by atoms with E-state index >= 15 is 0 Å². The standard InChI is InChI=1S/C21H21FN2O3/c1-14(2)13-27-18-9-5-15(6-10-18)11-19-20(25)24(21(26)23-19)12-16-3-7-17(22)8-4-16/h3-11,14H,12-13H2,1-2H3,(H,23,26)/b19-11+. The smallest absolute Gasteiger partial charge is 0.329 e. The number of nitrogens with one attached hydrogen (secondary N) is 1. The Morgan fingerprint density at radius 2 is 1.74 bits per heavy atom. The fourth-order valence-corrected chi connectivity index (χ4v) is 2.58. The molecule has 0 bridgehead atoms. The quantitative estimate of drug-likeness (QED) is 0.620. The van der Waals surface area contributed by atoms with Gasteiger partial charge >= 0.3 is 6.03 Å². The summed E-state index contributed by atoms with van der Waals surface area (Å²) < 4.78 is 18.6. The summed E-state index contributed by atoms with van der Waals surface area (Å²) in [5, 5.41) is 2.58. The third-order valence-electron chi connectivity index (χ3n) is 3.99. The van der Waals surface area contributed by atoms with Crippen LogP contribution in [-0.4, -0.2) is 23.4 Å². The Morgan fingerprint density at radius 1 is 1.07 bits per heavy atom. The molecule has 2 aromatic carbocycles. The van der Waals surface area contributed by atoms with Crippen LogP contribution < -0.4 is 10.1 Å². The summed E-state index contributed by atoms with van der Waals surface area (Å²) in [6.07, 6.45) is 1.62. The SMILES string of the molecule is CC(C)COc1ccc(/C=C2/NC(=O)N(Cc3ccc(F)cc3)C2=O)cc1. The van der Waals surface area contributed by atoms with Gasteiger partial charge in [-0.1, -0.05) is 38.1 Å². The number of hydrogen-bond acceptors (Lipinski definition) is 3. The number of amides is 3. The largest absolute Gasteiger partial charge is 0.493 e. The topological polar surface area (TPSA) is 58.6 Å². The van der Waals surface area contributed by atoms with Gasteiger partial charge in [-0.25, -0.2) is 9.18 Å². The number of halogens is 1. The lowest BCUT2D eigenvalue weighted by Gasteiger charge is -2.11. The van der Waals surface area contributed by atoms with Gasteiger partial charge < -0.3 is 10.1 Å². The van der Waals surface area contributed by atoms with E-state index in [0.717, 1.165) is 16.2 Å². The first-order valence-electron chi connectivity index (χ1n) is 8.74. The third kappa shape index (κ3) is 4.73. The van der Waals surface area contributed by atoms with Gasteiger partial charge in [-0.05, 0) is 47.4 Å². The normalized spacial score (nSPS) is 15.6. The van der Waals surface area contributed by atoms with E-state index < -0.39 is 11.9 Å². The first-order valence-corrected chi connectivity index (χ1v) is 8.74. The minimum Gasteiger partial charge on any atom is -0.493 e. The fourth-order valence-electron chi connectivity index (χ4n) is 2.58. The Hall–Kier alpha value is -3.15. The second-order valence-corrected chi connectivity index (χ2v) is 6.78. The summed E-state index contributed by atoms with van der Waals surface area (Å²) in [5.41, 5.74) is 1.66. The lowest BCUT2D eigenvalue weighted by Crippen LogP contribution is -2.30. The lowest BCUT2D eigenvalue weighted by atomic mass is 10.1. The van der Waals surface area contributed by atoms with Gasteiger partial charge in [0.25, 0.3) is 5.91 Å². The maximum atomic E-state index is 13.0. The van der Waals surface area contributed by atoms with Crippen LogP contribution in [-0.2, 0) is 11.3 Å². The highest BCUT2D eigenvalue weighted by Crippen LogP contribution is 2.19. The number of hydrogen-bond donors (Lipinski definition) is 1. The second kappa shape index (κ2) is 8.03. The van der Waals surface area contributed by atoms with Crippen LogP contribution in [0.1, 0.15) is 25.0 Å². The molecule has 0 spiro atoms. The molecule has 140 valence electrons. The molecule has 3 amide bonds. The van der Waals surface area contributed by atoms with Crippen molar-refractivity contribution in [1.29, 1.82) is 0 Å². The van der Waals surface area contributed by atoms with E-state index in [2.05, 4.69) is 19.2 Å². The van der Waals surface area contributed by atoms with E-state index in [4.69, 9.17) is 4.74 Å². The maximum absolute atomic E-state index is 13.0. The number of benzene rings is 2. The summed E-state index contributed by atoms with van der Waals surface area (Å²) in [7, 11) is 0. The number of carbonyl (C=O) groups excluding carboxylic acids is 2. The number of nitrogens with zero attached hydrogens (tertiary/aromatic N) is 1. The van der Waals surface area contributed by atoms with Crippen LogP contribution in [0.3, 0.4) is 0 Å². The van der Waals surface area contributed by atoms with Crippen LogP contribution in [0.2, 0.25) is 0 Å². The highest BCUT2D eigenvalue weighted by molar-refractivity contribution is 6.13. The van der Waals surface area contributed by atoms with Crippen LogP contribution >= 0.6 is 0 Å². The third-order valence-corrected chi connectivity index (χ3v) is 3.99. The molecular formula is C21H21FN2O3. The Labute approximate surface area is 157 Å². The minimum atomic E-state index is -0.493. The molecule has 1 aliphatic heterocycles. The van der Waals surface area contributed by atoms with Crippen LogP contribution in [0.5, 0.6) is 5.75 Å². The average molecular weight is 368 g/mol. The molecule has 27 heavy (non-hydrogen) atoms. The zero-order chi connectivity index (χ0) is 19.4. The van der Waals surface area contributed by atoms with Crippen molar-refractivity contribution in [1.82, 2.24) is 10.2 Å². The molecule has 1 saturated heterocycles. The summed E-state index contributed by atoms with van der Waals surface area (Å²) in [5.74, 6) is 0.414. The zero-order valence-electron chi connectivity index (χ0n) is 15.2. The molecule has 0 aliphatic carbocycles. The molecule has 1 fully saturated rings. The van der Waals surface area contributed by atoms with Crippen molar-refractivity contribution in [3.8, 4) is 5.75 Å². The van der Waals surface area contributed by atoms with Gasteiger partial charge in [0.2, 0.25) is 0 Å². The van der Waals surface area contributed by atoms with E-state index in [1.807, 2.05) is 24.3 Å². The number of ether oxygens (including phenoxy) is 1. The van der Waals surface area contributed by atoms with E-state index in [9.17, 15) is 14.0 Å². The zero-order valence-corrected chi connectivity index (χ0v) is 15.2. The Bertz CT molecular complexity index is 858. The van der Waals surface area contributed by atoms with Gasteiger partial charge in [0.1, 0.15) is 17.3 Å². The molecule has 0 aromatic heterocycles. The fraction of sp³-hybridized carbons (Fsp3) is 0.238. The van der Waals surface area contributed by atoms with Crippen molar-refractivity contribution in [3.05, 3.63) is 71.2 Å². The van der Waals surface area contributed by atoms with Gasteiger partial charge in [0.05, 0.1) is 13.2 Å². The van der Waals surface area contributed by atoms with Crippen LogP contribution in [0.4, 0.5) is 9.18 Å². The Morgan fingerprint density at radius 3 is 2.37 bits per heavy atom. The monoisotopic (exact) mass is 368 g/mol. The van der Waals surface area contributed by atoms with Gasteiger partial charge in [-0.3, -0.25) is 9.69 Å². The van der Waals surface area contributed by atoms with Crippen molar-refractivity contribution >= 4 is 18.0 Å². The van der Waals surface area contributed by atoms with E-state index in [1.165, 1.54) is 12.1 Å². The number of carbonyl (C=O) groups is 2. The number of rotatable bonds is 6. The summed E-state index contributed by atoms with van der Waals surface area (Å²) >= 11 is 0. The van der Waals surface area contributed by atoms with Crippen LogP contribution in [0, 0.1) is 11.7 Å². The van der Waals surface area contributed by atoms with Crippen molar-refractivity contribution in [2.75, 3.05) is 6.61 Å². The number of urea groups is 1. The molecule has 2 aromatic rings. The highest BCUT2D eigenvalue weighted by Gasteiger charge is 2.33. The molecule has 5 nitrogen and oxygen atoms in total. The Balaban J connectivity index is 1.69. The van der Waals surface area contributed by atoms with E-state index in [1.54, 1.807) is 18.2 Å². The number of imide groups is 1. The molecule has 0 saturated carbocycles. The molecule has 1 aliphatic rings. The van der Waals surface area contributed by atoms with Gasteiger partial charge in [0, 0.05) is 0 Å².